The number of likely N-dealkylation sites (tertiary alicyclic amines) is 1. The number of rotatable bonds is 15. The minimum atomic E-state index is -0.657. The molecule has 54 heavy (non-hydrogen) atoms. The van der Waals surface area contributed by atoms with Gasteiger partial charge in [0.15, 0.2) is 5.82 Å². The SMILES string of the molecule is Cn1c(=O)n(C2CCC(=O)NC2=O)c2cccc(CCCCCCCCCN3CCC(Cn4cc(-c5cc(-c6ccccc6O)nnc5N)cn4)CC3)c21. The maximum absolute atomic E-state index is 13.2. The predicted octanol–water partition coefficient (Wildman–Crippen LogP) is 5.61. The van der Waals surface area contributed by atoms with Crippen molar-refractivity contribution in [2.45, 2.75) is 89.6 Å². The number of aryl methyl sites for hydroxylation is 2. The molecule has 0 bridgehead atoms. The van der Waals surface area contributed by atoms with Crippen LogP contribution < -0.4 is 16.7 Å². The zero-order valence-electron chi connectivity index (χ0n) is 31.1. The number of phenols is 1. The quantitative estimate of drug-likeness (QED) is 0.0916. The molecule has 2 saturated heterocycles. The first-order valence-electron chi connectivity index (χ1n) is 19.5. The van der Waals surface area contributed by atoms with E-state index in [2.05, 4.69) is 31.6 Å². The Kier molecular flexibility index (Phi) is 11.5. The van der Waals surface area contributed by atoms with E-state index in [1.165, 1.54) is 32.1 Å². The van der Waals surface area contributed by atoms with E-state index in [9.17, 15) is 19.5 Å². The Morgan fingerprint density at radius 3 is 2.43 bits per heavy atom. The number of carbonyl (C=O) groups excluding carboxylic acids is 2. The molecule has 0 aliphatic carbocycles. The number of nitrogens with zero attached hydrogens (tertiary/aromatic N) is 7. The Hall–Kier alpha value is -5.30. The van der Waals surface area contributed by atoms with Crippen molar-refractivity contribution >= 4 is 28.7 Å². The number of piperidine rings is 2. The highest BCUT2D eigenvalue weighted by Gasteiger charge is 2.31. The highest BCUT2D eigenvalue weighted by Crippen LogP contribution is 2.32. The van der Waals surface area contributed by atoms with Gasteiger partial charge in [-0.3, -0.25) is 28.7 Å². The molecule has 1 atom stereocenters. The Labute approximate surface area is 315 Å². The number of hydrogen-bond acceptors (Lipinski definition) is 9. The number of para-hydroxylation sites is 2. The number of benzene rings is 2. The van der Waals surface area contributed by atoms with E-state index < -0.39 is 11.9 Å². The number of hydrogen-bond donors (Lipinski definition) is 3. The third-order valence-corrected chi connectivity index (χ3v) is 11.2. The number of fused-ring (bicyclic) bond motifs is 1. The van der Waals surface area contributed by atoms with Gasteiger partial charge in [-0.15, -0.1) is 10.2 Å². The van der Waals surface area contributed by atoms with Gasteiger partial charge in [-0.05, 0) is 93.9 Å². The van der Waals surface area contributed by atoms with Gasteiger partial charge in [0.25, 0.3) is 0 Å². The van der Waals surface area contributed by atoms with E-state index in [4.69, 9.17) is 5.73 Å². The zero-order valence-corrected chi connectivity index (χ0v) is 31.1. The smallest absolute Gasteiger partial charge is 0.329 e. The van der Waals surface area contributed by atoms with E-state index >= 15 is 0 Å². The van der Waals surface area contributed by atoms with Gasteiger partial charge in [-0.1, -0.05) is 56.4 Å². The van der Waals surface area contributed by atoms with Gasteiger partial charge >= 0.3 is 5.69 Å². The molecule has 13 nitrogen and oxygen atoms in total. The van der Waals surface area contributed by atoms with Gasteiger partial charge in [0, 0.05) is 42.9 Å². The number of unbranched alkanes of at least 4 members (excludes halogenated alkanes) is 6. The first kappa shape index (κ1) is 37.0. The van der Waals surface area contributed by atoms with Gasteiger partial charge < -0.3 is 15.7 Å². The molecule has 3 aromatic heterocycles. The van der Waals surface area contributed by atoms with Crippen LogP contribution in [-0.2, 0) is 29.6 Å². The van der Waals surface area contributed by atoms with Crippen molar-refractivity contribution in [3.63, 3.8) is 0 Å². The van der Waals surface area contributed by atoms with Crippen molar-refractivity contribution in [3.8, 4) is 28.1 Å². The van der Waals surface area contributed by atoms with E-state index in [-0.39, 0.29) is 23.8 Å². The summed E-state index contributed by atoms with van der Waals surface area (Å²) in [4.78, 5) is 40.0. The number of nitrogens with two attached hydrogens (primary N) is 1. The van der Waals surface area contributed by atoms with Crippen LogP contribution in [0, 0.1) is 5.92 Å². The molecule has 5 aromatic rings. The fourth-order valence-corrected chi connectivity index (χ4v) is 8.20. The molecule has 2 amide bonds. The molecular formula is C41H51N9O4. The number of carbonyl (C=O) groups is 2. The van der Waals surface area contributed by atoms with Crippen LogP contribution in [-0.4, -0.2) is 70.6 Å². The van der Waals surface area contributed by atoms with Crippen LogP contribution in [0.5, 0.6) is 5.75 Å². The maximum Gasteiger partial charge on any atom is 0.329 e. The molecule has 7 rings (SSSR count). The van der Waals surface area contributed by atoms with Gasteiger partial charge in [0.05, 0.1) is 22.9 Å². The van der Waals surface area contributed by atoms with Crippen molar-refractivity contribution in [3.05, 3.63) is 77.0 Å². The first-order chi connectivity index (χ1) is 26.3. The van der Waals surface area contributed by atoms with Crippen molar-refractivity contribution < 1.29 is 14.7 Å². The molecular weight excluding hydrogens is 683 g/mol. The Balaban J connectivity index is 0.788. The Morgan fingerprint density at radius 2 is 1.65 bits per heavy atom. The summed E-state index contributed by atoms with van der Waals surface area (Å²) in [6, 6.07) is 14.2. The van der Waals surface area contributed by atoms with Crippen LogP contribution in [0.15, 0.2) is 65.7 Å². The number of aromatic hydroxyl groups is 1. The van der Waals surface area contributed by atoms with Gasteiger partial charge in [-0.2, -0.15) is 5.10 Å². The summed E-state index contributed by atoms with van der Waals surface area (Å²) in [6.45, 7) is 4.28. The van der Waals surface area contributed by atoms with Crippen LogP contribution in [0.2, 0.25) is 0 Å². The highest BCUT2D eigenvalue weighted by molar-refractivity contribution is 6.00. The minimum absolute atomic E-state index is 0.151. The third kappa shape index (κ3) is 8.25. The summed E-state index contributed by atoms with van der Waals surface area (Å²) in [5.74, 6) is 0.389. The number of amides is 2. The summed E-state index contributed by atoms with van der Waals surface area (Å²) >= 11 is 0. The van der Waals surface area contributed by atoms with E-state index in [1.807, 2.05) is 47.4 Å². The molecule has 284 valence electrons. The number of anilines is 1. The molecule has 2 aromatic carbocycles. The molecule has 0 spiro atoms. The lowest BCUT2D eigenvalue weighted by atomic mass is 9.96. The summed E-state index contributed by atoms with van der Waals surface area (Å²) < 4.78 is 5.23. The van der Waals surface area contributed by atoms with E-state index in [1.54, 1.807) is 28.3 Å². The van der Waals surface area contributed by atoms with Crippen LogP contribution in [0.1, 0.15) is 82.2 Å². The molecule has 2 aliphatic rings. The molecule has 5 heterocycles. The van der Waals surface area contributed by atoms with E-state index in [0.717, 1.165) is 86.0 Å². The highest BCUT2D eigenvalue weighted by atomic mass is 16.3. The molecule has 1 unspecified atom stereocenters. The average Bonchev–Trinajstić information content (AvgIpc) is 3.73. The third-order valence-electron chi connectivity index (χ3n) is 11.2. The second kappa shape index (κ2) is 16.8. The number of nitrogen functional groups attached to an aromatic ring is 1. The van der Waals surface area contributed by atoms with Crippen LogP contribution >= 0.6 is 0 Å². The molecule has 0 radical (unpaired) electrons. The number of imide groups is 1. The standard InChI is InChI=1S/C41H51N9O4/c1-47-38-29(13-11-15-34(38)50(41(47)54)35-17-18-37(52)44-40(35)53)12-7-5-3-2-4-6-10-21-48-22-19-28(20-23-48)26-49-27-30(25-43-49)32-24-33(45-46-39(32)42)31-14-8-9-16-36(31)51/h8-9,11,13-16,24-25,27-28,35,51H,2-7,10,12,17-23,26H2,1H3,(H2,42,46)(H,44,52,53). The first-order valence-corrected chi connectivity index (χ1v) is 19.5. The Morgan fingerprint density at radius 1 is 0.889 bits per heavy atom. The van der Waals surface area contributed by atoms with Gasteiger partial charge in [0.2, 0.25) is 11.8 Å². The lowest BCUT2D eigenvalue weighted by Gasteiger charge is -2.31. The van der Waals surface area contributed by atoms with Crippen molar-refractivity contribution in [2.24, 2.45) is 13.0 Å². The number of imidazole rings is 1. The monoisotopic (exact) mass is 733 g/mol. The van der Waals surface area contributed by atoms with Gasteiger partial charge in [-0.25, -0.2) is 4.79 Å². The number of aromatic nitrogens is 6. The average molecular weight is 734 g/mol. The van der Waals surface area contributed by atoms with Gasteiger partial charge in [0.1, 0.15) is 11.8 Å². The van der Waals surface area contributed by atoms with Crippen LogP contribution in [0.25, 0.3) is 33.4 Å². The molecule has 4 N–H and O–H groups in total. The second-order valence-corrected chi connectivity index (χ2v) is 15.0. The number of nitrogens with one attached hydrogen (secondary N) is 1. The van der Waals surface area contributed by atoms with Crippen molar-refractivity contribution in [1.82, 2.24) is 39.3 Å². The molecule has 0 saturated carbocycles. The molecule has 13 heteroatoms. The lowest BCUT2D eigenvalue weighted by Crippen LogP contribution is -2.44. The zero-order chi connectivity index (χ0) is 37.6. The number of phenolic OH excluding ortho intramolecular Hbond substituents is 1. The van der Waals surface area contributed by atoms with Crippen LogP contribution in [0.3, 0.4) is 0 Å². The maximum atomic E-state index is 13.2. The summed E-state index contributed by atoms with van der Waals surface area (Å²) in [6.07, 6.45) is 16.0. The van der Waals surface area contributed by atoms with Crippen molar-refractivity contribution in [2.75, 3.05) is 25.4 Å². The van der Waals surface area contributed by atoms with E-state index in [0.29, 0.717) is 29.4 Å². The predicted molar refractivity (Wildman–Crippen MR) is 209 cm³/mol. The van der Waals surface area contributed by atoms with Crippen molar-refractivity contribution in [1.29, 1.82) is 0 Å². The second-order valence-electron chi connectivity index (χ2n) is 15.0. The minimum Gasteiger partial charge on any atom is -0.507 e. The fraction of sp³-hybridized carbons (Fsp3) is 0.463. The fourth-order valence-electron chi connectivity index (χ4n) is 8.20. The summed E-state index contributed by atoms with van der Waals surface area (Å²) in [5, 5.41) is 25.6. The topological polar surface area (TPSA) is 166 Å². The molecule has 2 aliphatic heterocycles. The normalized spacial score (nSPS) is 17.0. The van der Waals surface area contributed by atoms with Crippen LogP contribution in [0.4, 0.5) is 5.82 Å². The largest absolute Gasteiger partial charge is 0.507 e. The molecule has 2 fully saturated rings. The summed E-state index contributed by atoms with van der Waals surface area (Å²) in [5.41, 5.74) is 11.6. The summed E-state index contributed by atoms with van der Waals surface area (Å²) in [7, 11) is 1.77. The Bertz CT molecular complexity index is 2160. The lowest BCUT2D eigenvalue weighted by molar-refractivity contribution is -0.135.